The Balaban J connectivity index is 0.00000210. The van der Waals surface area contributed by atoms with E-state index >= 15 is 0 Å². The molecule has 9 heteroatoms. The number of thiophene rings is 1. The summed E-state index contributed by atoms with van der Waals surface area (Å²) in [5.41, 5.74) is 0. The second-order valence-corrected chi connectivity index (χ2v) is 8.66. The van der Waals surface area contributed by atoms with E-state index in [4.69, 9.17) is 23.2 Å². The largest absolute Gasteiger partial charge is 0.352 e. The van der Waals surface area contributed by atoms with E-state index in [-0.39, 0.29) is 24.2 Å². The molecule has 27 heavy (non-hydrogen) atoms. The van der Waals surface area contributed by atoms with Crippen LogP contribution < -0.4 is 5.32 Å². The lowest BCUT2D eigenvalue weighted by atomic mass is 10.2. The fourth-order valence-electron chi connectivity index (χ4n) is 3.13. The van der Waals surface area contributed by atoms with Gasteiger partial charge in [-0.05, 0) is 25.0 Å². The maximum atomic E-state index is 12.9. The normalized spacial score (nSPS) is 17.6. The number of fused-ring (bicyclic) bond motifs is 1. The lowest BCUT2D eigenvalue weighted by Gasteiger charge is -2.34. The van der Waals surface area contributed by atoms with Gasteiger partial charge in [-0.2, -0.15) is 0 Å². The fourth-order valence-corrected chi connectivity index (χ4v) is 4.89. The average Bonchev–Trinajstić information content (AvgIpc) is 3.37. The van der Waals surface area contributed by atoms with Crippen LogP contribution in [-0.4, -0.2) is 60.4 Å². The Morgan fingerprint density at radius 3 is 2.52 bits per heavy atom. The highest BCUT2D eigenvalue weighted by Crippen LogP contribution is 2.37. The third-order valence-electron chi connectivity index (χ3n) is 4.75. The van der Waals surface area contributed by atoms with Crippen LogP contribution in [0.2, 0.25) is 10.0 Å². The molecular weight excluding hydrogens is 429 g/mol. The molecule has 2 fully saturated rings. The highest BCUT2D eigenvalue weighted by molar-refractivity contribution is 7.21. The molecule has 4 rings (SSSR count). The van der Waals surface area contributed by atoms with Crippen LogP contribution >= 0.6 is 46.9 Å². The minimum absolute atomic E-state index is 0. The van der Waals surface area contributed by atoms with E-state index in [1.807, 2.05) is 17.0 Å². The summed E-state index contributed by atoms with van der Waals surface area (Å²) in [7, 11) is 0. The van der Waals surface area contributed by atoms with Crippen LogP contribution in [-0.2, 0) is 4.79 Å². The summed E-state index contributed by atoms with van der Waals surface area (Å²) in [6, 6.07) is 5.85. The monoisotopic (exact) mass is 447 g/mol. The molecule has 1 aromatic heterocycles. The Bertz CT molecular complexity index is 861. The first-order valence-corrected chi connectivity index (χ1v) is 10.3. The zero-order valence-electron chi connectivity index (χ0n) is 14.5. The molecule has 0 unspecified atom stereocenters. The van der Waals surface area contributed by atoms with Crippen molar-refractivity contribution in [3.05, 3.63) is 33.1 Å². The fraction of sp³-hybridized carbons (Fsp3) is 0.444. The van der Waals surface area contributed by atoms with E-state index < -0.39 is 0 Å². The highest BCUT2D eigenvalue weighted by atomic mass is 35.5. The van der Waals surface area contributed by atoms with E-state index in [1.54, 1.807) is 6.07 Å². The van der Waals surface area contributed by atoms with Gasteiger partial charge in [0.05, 0.1) is 11.6 Å². The van der Waals surface area contributed by atoms with Gasteiger partial charge in [-0.3, -0.25) is 14.5 Å². The van der Waals surface area contributed by atoms with Gasteiger partial charge in [0.15, 0.2) is 0 Å². The average molecular weight is 449 g/mol. The first-order valence-electron chi connectivity index (χ1n) is 8.70. The van der Waals surface area contributed by atoms with Gasteiger partial charge < -0.3 is 10.2 Å². The van der Waals surface area contributed by atoms with Gasteiger partial charge in [0, 0.05) is 47.3 Å². The highest BCUT2D eigenvalue weighted by Gasteiger charge is 2.28. The summed E-state index contributed by atoms with van der Waals surface area (Å²) in [5, 5.41) is 4.99. The quantitative estimate of drug-likeness (QED) is 0.776. The van der Waals surface area contributed by atoms with Crippen LogP contribution in [0, 0.1) is 0 Å². The van der Waals surface area contributed by atoms with E-state index in [2.05, 4.69) is 10.2 Å². The van der Waals surface area contributed by atoms with Crippen molar-refractivity contribution in [2.75, 3.05) is 32.7 Å². The number of hydrogen-bond acceptors (Lipinski definition) is 4. The Hall–Kier alpha value is -1.05. The Morgan fingerprint density at radius 2 is 1.85 bits per heavy atom. The summed E-state index contributed by atoms with van der Waals surface area (Å²) in [5.74, 6) is 0.0334. The number of amides is 2. The summed E-state index contributed by atoms with van der Waals surface area (Å²) in [6.45, 7) is 2.98. The molecular formula is C18H20Cl3N3O2S. The summed E-state index contributed by atoms with van der Waals surface area (Å²) < 4.78 is 0.918. The zero-order chi connectivity index (χ0) is 18.3. The topological polar surface area (TPSA) is 52.7 Å². The maximum Gasteiger partial charge on any atom is 0.265 e. The van der Waals surface area contributed by atoms with Crippen LogP contribution in [0.5, 0.6) is 0 Å². The second kappa shape index (κ2) is 8.53. The zero-order valence-corrected chi connectivity index (χ0v) is 17.7. The standard InChI is InChI=1S/C18H19Cl2N3O2S.ClH/c19-11-1-4-13-14(9-11)26-17(16(13)20)18(25)23-7-5-22(6-8-23)10-15(24)21-12-2-3-12;/h1,4,9,12H,2-3,5-8,10H2,(H,21,24);1H. The van der Waals surface area contributed by atoms with Crippen molar-refractivity contribution in [3.63, 3.8) is 0 Å². The molecule has 1 saturated carbocycles. The molecule has 0 spiro atoms. The number of carbonyl (C=O) groups excluding carboxylic acids is 2. The molecule has 1 aromatic carbocycles. The van der Waals surface area contributed by atoms with Gasteiger partial charge in [-0.1, -0.05) is 29.3 Å². The smallest absolute Gasteiger partial charge is 0.265 e. The lowest BCUT2D eigenvalue weighted by molar-refractivity contribution is -0.122. The van der Waals surface area contributed by atoms with Crippen molar-refractivity contribution in [2.45, 2.75) is 18.9 Å². The van der Waals surface area contributed by atoms with E-state index in [0.29, 0.717) is 53.7 Å². The van der Waals surface area contributed by atoms with Crippen molar-refractivity contribution < 1.29 is 9.59 Å². The number of piperazine rings is 1. The molecule has 1 saturated heterocycles. The third kappa shape index (κ3) is 4.69. The van der Waals surface area contributed by atoms with Gasteiger partial charge in [0.1, 0.15) is 4.88 Å². The molecule has 0 bridgehead atoms. The van der Waals surface area contributed by atoms with Gasteiger partial charge in [-0.15, -0.1) is 23.7 Å². The summed E-state index contributed by atoms with van der Waals surface area (Å²) in [4.78, 5) is 29.3. The number of nitrogens with one attached hydrogen (secondary N) is 1. The molecule has 5 nitrogen and oxygen atoms in total. The van der Waals surface area contributed by atoms with Crippen LogP contribution in [0.1, 0.15) is 22.5 Å². The van der Waals surface area contributed by atoms with E-state index in [0.717, 1.165) is 22.9 Å². The van der Waals surface area contributed by atoms with Gasteiger partial charge in [0.2, 0.25) is 5.91 Å². The number of halogens is 3. The number of rotatable bonds is 4. The molecule has 2 heterocycles. The summed E-state index contributed by atoms with van der Waals surface area (Å²) in [6.07, 6.45) is 2.18. The molecule has 2 amide bonds. The van der Waals surface area contributed by atoms with Gasteiger partial charge in [0.25, 0.3) is 5.91 Å². The first-order chi connectivity index (χ1) is 12.5. The molecule has 1 N–H and O–H groups in total. The summed E-state index contributed by atoms with van der Waals surface area (Å²) >= 11 is 13.8. The second-order valence-electron chi connectivity index (χ2n) is 6.80. The first kappa shape index (κ1) is 20.7. The predicted molar refractivity (Wildman–Crippen MR) is 113 cm³/mol. The van der Waals surface area contributed by atoms with E-state index in [1.165, 1.54) is 11.3 Å². The molecule has 1 aliphatic heterocycles. The Labute approximate surface area is 178 Å². The van der Waals surface area contributed by atoms with Crippen molar-refractivity contribution in [2.24, 2.45) is 0 Å². The number of benzene rings is 1. The number of carbonyl (C=O) groups is 2. The minimum Gasteiger partial charge on any atom is -0.352 e. The molecule has 1 aliphatic carbocycles. The van der Waals surface area contributed by atoms with Crippen LogP contribution in [0.15, 0.2) is 18.2 Å². The molecule has 2 aliphatic rings. The lowest BCUT2D eigenvalue weighted by Crippen LogP contribution is -2.51. The van der Waals surface area contributed by atoms with Crippen LogP contribution in [0.4, 0.5) is 0 Å². The van der Waals surface area contributed by atoms with Crippen molar-refractivity contribution in [1.29, 1.82) is 0 Å². The van der Waals surface area contributed by atoms with Gasteiger partial charge in [-0.25, -0.2) is 0 Å². The van der Waals surface area contributed by atoms with Crippen LogP contribution in [0.3, 0.4) is 0 Å². The van der Waals surface area contributed by atoms with Crippen molar-refractivity contribution in [3.8, 4) is 0 Å². The third-order valence-corrected chi connectivity index (χ3v) is 6.64. The SMILES string of the molecule is Cl.O=C(CN1CCN(C(=O)c2sc3cc(Cl)ccc3c2Cl)CC1)NC1CC1. The van der Waals surface area contributed by atoms with Crippen molar-refractivity contribution in [1.82, 2.24) is 15.1 Å². The van der Waals surface area contributed by atoms with Crippen LogP contribution in [0.25, 0.3) is 10.1 Å². The molecule has 0 radical (unpaired) electrons. The number of nitrogens with zero attached hydrogens (tertiary/aromatic N) is 2. The molecule has 2 aromatic rings. The van der Waals surface area contributed by atoms with E-state index in [9.17, 15) is 9.59 Å². The van der Waals surface area contributed by atoms with Gasteiger partial charge >= 0.3 is 0 Å². The number of hydrogen-bond donors (Lipinski definition) is 1. The Morgan fingerprint density at radius 1 is 1.15 bits per heavy atom. The Kier molecular flexibility index (Phi) is 6.54. The predicted octanol–water partition coefficient (Wildman–Crippen LogP) is 3.67. The minimum atomic E-state index is -0.0468. The molecule has 146 valence electrons. The maximum absolute atomic E-state index is 12.9. The molecule has 0 atom stereocenters. The van der Waals surface area contributed by atoms with Crippen molar-refractivity contribution >= 4 is 68.8 Å².